The fourth-order valence-corrected chi connectivity index (χ4v) is 8.57. The number of nitrogen functional groups attached to an aromatic ring is 1. The molecule has 0 radical (unpaired) electrons. The Bertz CT molecular complexity index is 2140. The van der Waals surface area contributed by atoms with Crippen LogP contribution in [-0.4, -0.2) is 96.3 Å². The Morgan fingerprint density at radius 1 is 0.767 bits per heavy atom. The van der Waals surface area contributed by atoms with Crippen molar-refractivity contribution in [2.24, 2.45) is 0 Å². The van der Waals surface area contributed by atoms with Gasteiger partial charge < -0.3 is 44.4 Å². The molecule has 0 saturated carbocycles. The summed E-state index contributed by atoms with van der Waals surface area (Å²) in [6.45, 7) is 9.85. The summed E-state index contributed by atoms with van der Waals surface area (Å²) in [6, 6.07) is 37.2. The van der Waals surface area contributed by atoms with Gasteiger partial charge in [0.15, 0.2) is 5.82 Å². The highest BCUT2D eigenvalue weighted by Gasteiger charge is 2.36. The molecule has 0 aliphatic carbocycles. The molecule has 13 heteroatoms. The number of nitrogens with two attached hydrogens (primary N) is 1. The Kier molecular flexibility index (Phi) is 16.3. The van der Waals surface area contributed by atoms with E-state index in [1.54, 1.807) is 25.6 Å². The number of imidazole rings is 1. The number of pyridine rings is 1. The summed E-state index contributed by atoms with van der Waals surface area (Å²) < 4.78 is 30.1. The van der Waals surface area contributed by atoms with Gasteiger partial charge in [-0.3, -0.25) is 4.79 Å². The molecule has 0 fully saturated rings. The SMILES string of the molecule is CCOCc1nc2c(N)nc3cc(OCCOCCOCCOCCNC(=O)CCSC(c4ccccc4)(c4ccccc4)c4ccccc4)ccc3c2n1CC(C)(C)O. The zero-order chi connectivity index (χ0) is 42.2. The van der Waals surface area contributed by atoms with E-state index in [1.807, 2.05) is 47.9 Å². The molecule has 6 rings (SSSR count). The Hall–Kier alpha value is -5.02. The Morgan fingerprint density at radius 3 is 1.90 bits per heavy atom. The maximum Gasteiger partial charge on any atom is 0.220 e. The number of rotatable bonds is 25. The number of carbonyl (C=O) groups is 1. The van der Waals surface area contributed by atoms with E-state index < -0.39 is 10.3 Å². The average Bonchev–Trinajstić information content (AvgIpc) is 3.61. The van der Waals surface area contributed by atoms with Crippen LogP contribution >= 0.6 is 11.8 Å². The smallest absolute Gasteiger partial charge is 0.220 e. The summed E-state index contributed by atoms with van der Waals surface area (Å²) in [7, 11) is 0. The Labute approximate surface area is 356 Å². The number of ether oxygens (including phenoxy) is 5. The van der Waals surface area contributed by atoms with Crippen molar-refractivity contribution in [1.82, 2.24) is 19.9 Å². The molecule has 0 saturated heterocycles. The standard InChI is InChI=1S/C47H57N5O7S/c1-4-55-33-41-51-43-44(52(41)34-46(2,3)54)39-21-20-38(32-40(39)50-45(43)48)59-30-29-58-28-27-57-26-25-56-24-23-49-42(53)22-31-60-47(35-14-8-5-9-15-35,36-16-10-6-11-17-36)37-18-12-7-13-19-37/h5-21,32,54H,4,22-31,33-34H2,1-3H3,(H2,48,50)(H,49,53). The normalized spacial score (nSPS) is 12.0. The van der Waals surface area contributed by atoms with Crippen molar-refractivity contribution in [2.45, 2.75) is 50.7 Å². The van der Waals surface area contributed by atoms with E-state index in [2.05, 4.69) is 83.1 Å². The van der Waals surface area contributed by atoms with Crippen molar-refractivity contribution in [2.75, 3.05) is 70.9 Å². The molecule has 6 aromatic rings. The van der Waals surface area contributed by atoms with Gasteiger partial charge in [-0.15, -0.1) is 11.8 Å². The van der Waals surface area contributed by atoms with Crippen LogP contribution in [0.15, 0.2) is 109 Å². The molecule has 318 valence electrons. The molecule has 2 aromatic heterocycles. The van der Waals surface area contributed by atoms with Crippen molar-refractivity contribution < 1.29 is 33.6 Å². The molecule has 0 unspecified atom stereocenters. The van der Waals surface area contributed by atoms with Crippen molar-refractivity contribution >= 4 is 45.4 Å². The van der Waals surface area contributed by atoms with Gasteiger partial charge in [-0.25, -0.2) is 9.97 Å². The van der Waals surface area contributed by atoms with Gasteiger partial charge in [0.2, 0.25) is 5.91 Å². The number of hydrogen-bond acceptors (Lipinski definition) is 11. The minimum atomic E-state index is -0.979. The van der Waals surface area contributed by atoms with Gasteiger partial charge in [-0.1, -0.05) is 91.0 Å². The van der Waals surface area contributed by atoms with Crippen molar-refractivity contribution in [3.8, 4) is 5.75 Å². The fraction of sp³-hybridized carbons (Fsp3) is 0.383. The van der Waals surface area contributed by atoms with Crippen LogP contribution in [0.3, 0.4) is 0 Å². The zero-order valence-electron chi connectivity index (χ0n) is 34.8. The number of anilines is 1. The first kappa shape index (κ1) is 44.5. The number of aliphatic hydroxyl groups is 1. The zero-order valence-corrected chi connectivity index (χ0v) is 35.6. The number of nitrogens with zero attached hydrogens (tertiary/aromatic N) is 3. The van der Waals surface area contributed by atoms with E-state index in [-0.39, 0.29) is 5.91 Å². The number of amides is 1. The molecule has 0 aliphatic heterocycles. The van der Waals surface area contributed by atoms with Gasteiger partial charge in [-0.05, 0) is 49.6 Å². The molecule has 0 aliphatic rings. The second-order valence-electron chi connectivity index (χ2n) is 14.9. The highest BCUT2D eigenvalue weighted by atomic mass is 32.2. The molecule has 12 nitrogen and oxygen atoms in total. The number of aromatic nitrogens is 3. The molecule has 0 spiro atoms. The van der Waals surface area contributed by atoms with Gasteiger partial charge in [0, 0.05) is 36.8 Å². The lowest BCUT2D eigenvalue weighted by Crippen LogP contribution is -2.30. The minimum Gasteiger partial charge on any atom is -0.491 e. The van der Waals surface area contributed by atoms with E-state index in [1.165, 1.54) is 16.7 Å². The Balaban J connectivity index is 0.856. The van der Waals surface area contributed by atoms with Gasteiger partial charge in [-0.2, -0.15) is 0 Å². The van der Waals surface area contributed by atoms with Gasteiger partial charge in [0.1, 0.15) is 30.3 Å². The molecule has 4 N–H and O–H groups in total. The number of fused-ring (bicyclic) bond motifs is 3. The van der Waals surface area contributed by atoms with Crippen LogP contribution in [0.5, 0.6) is 5.75 Å². The molecule has 0 bridgehead atoms. The molecule has 2 heterocycles. The summed E-state index contributed by atoms with van der Waals surface area (Å²) in [4.78, 5) is 22.2. The second kappa shape index (κ2) is 22.0. The van der Waals surface area contributed by atoms with Crippen LogP contribution in [-0.2, 0) is 41.6 Å². The van der Waals surface area contributed by atoms with E-state index >= 15 is 0 Å². The van der Waals surface area contributed by atoms with E-state index in [4.69, 9.17) is 34.4 Å². The van der Waals surface area contributed by atoms with Crippen LogP contribution in [0.2, 0.25) is 0 Å². The summed E-state index contributed by atoms with van der Waals surface area (Å²) in [5.41, 5.74) is 11.0. The maximum atomic E-state index is 12.8. The third kappa shape index (κ3) is 11.8. The number of nitrogens with one attached hydrogen (secondary N) is 1. The fourth-order valence-electron chi connectivity index (χ4n) is 7.07. The summed E-state index contributed by atoms with van der Waals surface area (Å²) in [6.07, 6.45) is 0.388. The first-order valence-electron chi connectivity index (χ1n) is 20.5. The van der Waals surface area contributed by atoms with Crippen molar-refractivity contribution in [1.29, 1.82) is 0 Å². The van der Waals surface area contributed by atoms with Gasteiger partial charge in [0.25, 0.3) is 0 Å². The number of hydrogen-bond donors (Lipinski definition) is 3. The molecule has 4 aromatic carbocycles. The molecule has 0 atom stereocenters. The van der Waals surface area contributed by atoms with E-state index in [0.717, 1.165) is 10.9 Å². The summed E-state index contributed by atoms with van der Waals surface area (Å²) >= 11 is 1.78. The van der Waals surface area contributed by atoms with Gasteiger partial charge >= 0.3 is 0 Å². The largest absolute Gasteiger partial charge is 0.491 e. The highest BCUT2D eigenvalue weighted by molar-refractivity contribution is 8.00. The van der Waals surface area contributed by atoms with Crippen LogP contribution in [0, 0.1) is 0 Å². The lowest BCUT2D eigenvalue weighted by atomic mass is 9.84. The van der Waals surface area contributed by atoms with Crippen molar-refractivity contribution in [3.05, 3.63) is 132 Å². The number of carbonyl (C=O) groups excluding carboxylic acids is 1. The third-order valence-electron chi connectivity index (χ3n) is 9.73. The van der Waals surface area contributed by atoms with Crippen LogP contribution in [0.4, 0.5) is 5.82 Å². The van der Waals surface area contributed by atoms with Crippen LogP contribution < -0.4 is 15.8 Å². The lowest BCUT2D eigenvalue weighted by molar-refractivity contribution is -0.120. The first-order valence-corrected chi connectivity index (χ1v) is 21.5. The number of benzene rings is 4. The maximum absolute atomic E-state index is 12.8. The Morgan fingerprint density at radius 2 is 1.33 bits per heavy atom. The molecular weight excluding hydrogens is 779 g/mol. The molecule has 1 amide bonds. The molecular formula is C47H57N5O7S. The summed E-state index contributed by atoms with van der Waals surface area (Å²) in [5, 5.41) is 14.5. The lowest BCUT2D eigenvalue weighted by Gasteiger charge is -2.35. The van der Waals surface area contributed by atoms with E-state index in [9.17, 15) is 9.90 Å². The van der Waals surface area contributed by atoms with Gasteiger partial charge in [0.05, 0.1) is 67.6 Å². The summed E-state index contributed by atoms with van der Waals surface area (Å²) in [5.74, 6) is 2.26. The highest BCUT2D eigenvalue weighted by Crippen LogP contribution is 2.48. The van der Waals surface area contributed by atoms with Crippen molar-refractivity contribution in [3.63, 3.8) is 0 Å². The third-order valence-corrected chi connectivity index (χ3v) is 11.3. The first-order chi connectivity index (χ1) is 29.2. The average molecular weight is 836 g/mol. The minimum absolute atomic E-state index is 0.00577. The number of thioether (sulfide) groups is 1. The van der Waals surface area contributed by atoms with Crippen LogP contribution in [0.25, 0.3) is 21.9 Å². The molecule has 60 heavy (non-hydrogen) atoms. The topological polar surface area (TPSA) is 152 Å². The predicted molar refractivity (Wildman–Crippen MR) is 238 cm³/mol. The quantitative estimate of drug-likeness (QED) is 0.0399. The second-order valence-corrected chi connectivity index (χ2v) is 16.2. The monoisotopic (exact) mass is 835 g/mol. The van der Waals surface area contributed by atoms with Crippen LogP contribution in [0.1, 0.15) is 49.7 Å². The van der Waals surface area contributed by atoms with E-state index in [0.29, 0.717) is 113 Å². The predicted octanol–water partition coefficient (Wildman–Crippen LogP) is 7.13.